The lowest BCUT2D eigenvalue weighted by molar-refractivity contribution is 0.482. The maximum atomic E-state index is 9.79. The molecule has 0 aliphatic carbocycles. The van der Waals surface area contributed by atoms with Gasteiger partial charge in [0, 0.05) is 2.97 Å². The number of hydrogen-bond acceptors (Lipinski definition) is 2. The van der Waals surface area contributed by atoms with Gasteiger partial charge in [-0.25, -0.2) is 0 Å². The van der Waals surface area contributed by atoms with E-state index >= 15 is 0 Å². The van der Waals surface area contributed by atoms with Crippen molar-refractivity contribution in [3.05, 3.63) is 0 Å². The topological polar surface area (TPSA) is 54.4 Å². The average molecular weight is 128 g/mol. The van der Waals surface area contributed by atoms with E-state index in [1.54, 1.807) is 6.92 Å². The lowest BCUT2D eigenvalue weighted by atomic mass is 10.6. The van der Waals surface area contributed by atoms with E-state index in [4.69, 9.17) is 7.52 Å². The van der Waals surface area contributed by atoms with Gasteiger partial charge in [0.1, 0.15) is 0 Å². The lowest BCUT2D eigenvalue weighted by Crippen LogP contribution is -2.01. The lowest BCUT2D eigenvalue weighted by Gasteiger charge is -1.85. The van der Waals surface area contributed by atoms with Crippen molar-refractivity contribution in [3.8, 4) is 0 Å². The van der Waals surface area contributed by atoms with Crippen molar-refractivity contribution in [2.75, 3.05) is 5.75 Å². The molecule has 0 bridgehead atoms. The Balaban J connectivity index is 0. The van der Waals surface area contributed by atoms with Gasteiger partial charge in [-0.2, -0.15) is 8.42 Å². The van der Waals surface area contributed by atoms with Crippen LogP contribution in [0.1, 0.15) is 16.3 Å². The van der Waals surface area contributed by atoms with Gasteiger partial charge in [0.25, 0.3) is 10.1 Å². The first-order valence-corrected chi connectivity index (χ1v) is 3.62. The van der Waals surface area contributed by atoms with Gasteiger partial charge >= 0.3 is 0 Å². The summed E-state index contributed by atoms with van der Waals surface area (Å²) in [4.78, 5) is 0. The van der Waals surface area contributed by atoms with Crippen molar-refractivity contribution in [3.63, 3.8) is 0 Å². The van der Waals surface area contributed by atoms with E-state index in [0.29, 0.717) is 6.42 Å². The molecule has 0 heterocycles. The molecule has 0 spiro atoms. The zero-order chi connectivity index (χ0) is 7.91. The Morgan fingerprint density at radius 3 is 2.29 bits per heavy atom. The Labute approximate surface area is 46.2 Å². The summed E-state index contributed by atoms with van der Waals surface area (Å²) >= 11 is 0. The summed E-state index contributed by atoms with van der Waals surface area (Å²) in [6.07, 6.45) is 0.471. The highest BCUT2D eigenvalue weighted by molar-refractivity contribution is 7.85. The maximum Gasteiger partial charge on any atom is 0.264 e. The minimum atomic E-state index is -3.67. The minimum Gasteiger partial charge on any atom is -0.286 e. The summed E-state index contributed by atoms with van der Waals surface area (Å²) in [5.41, 5.74) is 0. The van der Waals surface area contributed by atoms with Crippen molar-refractivity contribution >= 4 is 10.1 Å². The summed E-state index contributed by atoms with van der Waals surface area (Å²) in [7, 11) is -3.67. The summed E-state index contributed by atoms with van der Waals surface area (Å²) in [6, 6.07) is 0. The van der Waals surface area contributed by atoms with Crippen LogP contribution in [0.4, 0.5) is 0 Å². The standard InChI is InChI=1S/C3H8O3S.H2/c1-2-3-7(4,5)6;/h2-3H2,1H3,(H,4,5,6);1H/i;1+1D. The predicted molar refractivity (Wildman–Crippen MR) is 28.8 cm³/mol. The van der Waals surface area contributed by atoms with Crippen molar-refractivity contribution < 1.29 is 15.9 Å². The third-order valence-corrected chi connectivity index (χ3v) is 1.39. The first kappa shape index (κ1) is 5.05. The number of rotatable bonds is 2. The molecule has 0 amide bonds. The van der Waals surface area contributed by atoms with Gasteiger partial charge in [0.15, 0.2) is 0 Å². The fourth-order valence-electron chi connectivity index (χ4n) is 0.258. The van der Waals surface area contributed by atoms with Crippen LogP contribution in [0, 0.1) is 0 Å². The van der Waals surface area contributed by atoms with Crippen LogP contribution >= 0.6 is 0 Å². The molecule has 1 N–H and O–H groups in total. The third-order valence-electron chi connectivity index (χ3n) is 0.462. The molecular weight excluding hydrogens is 116 g/mol. The minimum absolute atomic E-state index is 0.132. The van der Waals surface area contributed by atoms with E-state index in [2.05, 4.69) is 0 Å². The molecule has 0 aromatic carbocycles. The zero-order valence-corrected chi connectivity index (χ0v) is 4.90. The molecule has 0 aromatic heterocycles. The van der Waals surface area contributed by atoms with E-state index in [1.165, 1.54) is 0 Å². The van der Waals surface area contributed by atoms with Crippen LogP contribution in [-0.2, 0) is 10.1 Å². The quantitative estimate of drug-likeness (QED) is 0.552. The highest BCUT2D eigenvalue weighted by atomic mass is 32.2. The van der Waals surface area contributed by atoms with E-state index < -0.39 is 10.1 Å². The summed E-state index contributed by atoms with van der Waals surface area (Å²) in [5.74, 6) is -0.132. The normalized spacial score (nSPS) is 12.9. The van der Waals surface area contributed by atoms with Crippen molar-refractivity contribution in [1.82, 2.24) is 0 Å². The molecule has 0 aromatic rings. The molecule has 3 nitrogen and oxygen atoms in total. The SMILES string of the molecule is CCCS(=O)(=O)O.[2H][2H]. The first-order chi connectivity index (χ1) is 4.06. The predicted octanol–water partition coefficient (Wildman–Crippen LogP) is 0.530. The summed E-state index contributed by atoms with van der Waals surface area (Å²) < 4.78 is 37.6. The van der Waals surface area contributed by atoms with Crippen LogP contribution in [0.25, 0.3) is 0 Å². The van der Waals surface area contributed by atoms with Crippen LogP contribution in [0.3, 0.4) is 0 Å². The van der Waals surface area contributed by atoms with Gasteiger partial charge in [-0.3, -0.25) is 4.55 Å². The van der Waals surface area contributed by atoms with Crippen LogP contribution in [0.2, 0.25) is 0 Å². The second-order valence-electron chi connectivity index (χ2n) is 1.29. The van der Waals surface area contributed by atoms with Gasteiger partial charge in [-0.1, -0.05) is 6.92 Å². The van der Waals surface area contributed by atoms with E-state index in [-0.39, 0.29) is 5.75 Å². The van der Waals surface area contributed by atoms with E-state index in [1.807, 2.05) is 0 Å². The van der Waals surface area contributed by atoms with Gasteiger partial charge in [-0.05, 0) is 6.42 Å². The fraction of sp³-hybridized carbons (Fsp3) is 1.00. The zero-order valence-electron chi connectivity index (χ0n) is 6.09. The molecule has 0 fully saturated rings. The highest BCUT2D eigenvalue weighted by Gasteiger charge is 1.98. The van der Waals surface area contributed by atoms with Crippen LogP contribution in [0.5, 0.6) is 0 Å². The largest absolute Gasteiger partial charge is 0.286 e. The molecule has 0 atom stereocenters. The maximum absolute atomic E-state index is 9.79. The van der Waals surface area contributed by atoms with Gasteiger partial charge in [-0.15, -0.1) is 0 Å². The molecule has 0 aliphatic heterocycles. The van der Waals surface area contributed by atoms with Crippen LogP contribution in [-0.4, -0.2) is 18.7 Å². The van der Waals surface area contributed by atoms with E-state index in [0.717, 1.165) is 0 Å². The average Bonchev–Trinajstić information content (AvgIpc) is 1.69. The van der Waals surface area contributed by atoms with Crippen LogP contribution < -0.4 is 0 Å². The summed E-state index contributed by atoms with van der Waals surface area (Å²) in [5, 5.41) is 0. The van der Waals surface area contributed by atoms with Crippen LogP contribution in [0.15, 0.2) is 0 Å². The molecule has 4 heteroatoms. The van der Waals surface area contributed by atoms with Gasteiger partial charge in [0.2, 0.25) is 0 Å². The second-order valence-corrected chi connectivity index (χ2v) is 2.86. The fourth-order valence-corrected chi connectivity index (χ4v) is 0.774. The Kier molecular flexibility index (Phi) is 1.64. The highest BCUT2D eigenvalue weighted by Crippen LogP contribution is 1.83. The molecular formula is C3H10O3S. The smallest absolute Gasteiger partial charge is 0.264 e. The first-order valence-electron chi connectivity index (χ1n) is 3.01. The Bertz CT molecular complexity index is 130. The number of hydrogen-bond donors (Lipinski definition) is 1. The molecule has 0 unspecified atom stereocenters. The third kappa shape index (κ3) is 5.91. The van der Waals surface area contributed by atoms with Crippen molar-refractivity contribution in [1.29, 1.82) is 0 Å². The van der Waals surface area contributed by atoms with Crippen molar-refractivity contribution in [2.24, 2.45) is 0 Å². The molecule has 0 radical (unpaired) electrons. The Hall–Kier alpha value is -0.0900. The molecule has 0 saturated heterocycles. The van der Waals surface area contributed by atoms with Crippen molar-refractivity contribution in [2.45, 2.75) is 13.3 Å². The Morgan fingerprint density at radius 2 is 2.29 bits per heavy atom. The molecule has 0 saturated carbocycles. The Morgan fingerprint density at radius 1 is 1.86 bits per heavy atom. The van der Waals surface area contributed by atoms with Gasteiger partial charge in [0.05, 0.1) is 5.75 Å². The second kappa shape index (κ2) is 2.28. The van der Waals surface area contributed by atoms with Gasteiger partial charge < -0.3 is 0 Å². The summed E-state index contributed by atoms with van der Waals surface area (Å²) in [6.45, 7) is 1.69. The molecule has 0 aliphatic rings. The molecule has 0 rings (SSSR count). The van der Waals surface area contributed by atoms with E-state index in [9.17, 15) is 8.42 Å². The molecule has 46 valence electrons. The molecule has 7 heavy (non-hydrogen) atoms. The monoisotopic (exact) mass is 128 g/mol.